The minimum atomic E-state index is -3.74. The molecule has 1 aromatic rings. The lowest BCUT2D eigenvalue weighted by molar-refractivity contribution is -0.385. The highest BCUT2D eigenvalue weighted by molar-refractivity contribution is 7.89. The van der Waals surface area contributed by atoms with Crippen LogP contribution in [0.25, 0.3) is 0 Å². The van der Waals surface area contributed by atoms with Gasteiger partial charge in [0.2, 0.25) is 10.0 Å². The van der Waals surface area contributed by atoms with Crippen LogP contribution in [0.4, 0.5) is 5.69 Å². The van der Waals surface area contributed by atoms with Gasteiger partial charge in [-0.25, -0.2) is 13.1 Å². The van der Waals surface area contributed by atoms with E-state index >= 15 is 0 Å². The molecule has 124 valence electrons. The van der Waals surface area contributed by atoms with Gasteiger partial charge in [0.1, 0.15) is 0 Å². The van der Waals surface area contributed by atoms with Crippen LogP contribution in [-0.4, -0.2) is 32.5 Å². The van der Waals surface area contributed by atoms with Crippen LogP contribution in [0.5, 0.6) is 0 Å². The largest absolute Gasteiger partial charge is 0.317 e. The molecule has 1 aliphatic heterocycles. The van der Waals surface area contributed by atoms with Crippen LogP contribution in [0.3, 0.4) is 0 Å². The molecule has 0 radical (unpaired) electrons. The number of rotatable bonds is 5. The van der Waals surface area contributed by atoms with E-state index in [1.54, 1.807) is 0 Å². The molecule has 0 atom stereocenters. The first-order valence-electron chi connectivity index (χ1n) is 6.94. The maximum atomic E-state index is 12.5. The Morgan fingerprint density at radius 1 is 1.36 bits per heavy atom. The molecular weight excluding hydrogens is 330 g/mol. The number of nitrogens with zero attached hydrogens (tertiary/aromatic N) is 1. The predicted octanol–water partition coefficient (Wildman–Crippen LogP) is 1.61. The van der Waals surface area contributed by atoms with Gasteiger partial charge in [-0.1, -0.05) is 13.0 Å². The normalized spacial score (nSPS) is 16.0. The summed E-state index contributed by atoms with van der Waals surface area (Å²) in [4.78, 5) is 10.3. The summed E-state index contributed by atoms with van der Waals surface area (Å²) in [5, 5.41) is 14.0. The van der Waals surface area contributed by atoms with Gasteiger partial charge in [0, 0.05) is 18.2 Å². The van der Waals surface area contributed by atoms with Crippen molar-refractivity contribution in [2.24, 2.45) is 0 Å². The van der Waals surface area contributed by atoms with E-state index in [2.05, 4.69) is 10.0 Å². The standard InChI is InChI=1S/C13H19N3O4S.ClH/c1-2-10-3-4-12(16(17)18)9-13(10)21(19,20)15-11-5-7-14-8-6-11;/h3-4,9,11,14-15H,2,5-8H2,1H3;1H. The highest BCUT2D eigenvalue weighted by atomic mass is 35.5. The number of non-ortho nitro benzene ring substituents is 1. The van der Waals surface area contributed by atoms with E-state index in [4.69, 9.17) is 0 Å². The Hall–Kier alpha value is -1.22. The van der Waals surface area contributed by atoms with Crippen molar-refractivity contribution in [3.05, 3.63) is 33.9 Å². The van der Waals surface area contributed by atoms with E-state index < -0.39 is 14.9 Å². The summed E-state index contributed by atoms with van der Waals surface area (Å²) in [6.45, 7) is 3.36. The van der Waals surface area contributed by atoms with Gasteiger partial charge in [-0.3, -0.25) is 10.1 Å². The SMILES string of the molecule is CCc1ccc([N+](=O)[O-])cc1S(=O)(=O)NC1CCNCC1.Cl. The summed E-state index contributed by atoms with van der Waals surface area (Å²) < 4.78 is 27.7. The Labute approximate surface area is 136 Å². The van der Waals surface area contributed by atoms with Crippen molar-refractivity contribution >= 4 is 28.1 Å². The molecule has 1 heterocycles. The molecule has 7 nitrogen and oxygen atoms in total. The van der Waals surface area contributed by atoms with E-state index in [1.165, 1.54) is 12.1 Å². The van der Waals surface area contributed by atoms with Crippen LogP contribution in [-0.2, 0) is 16.4 Å². The molecule has 1 aromatic carbocycles. The summed E-state index contributed by atoms with van der Waals surface area (Å²) in [6, 6.07) is 3.86. The Kier molecular flexibility index (Phi) is 6.73. The fourth-order valence-corrected chi connectivity index (χ4v) is 4.06. The van der Waals surface area contributed by atoms with Gasteiger partial charge < -0.3 is 5.32 Å². The highest BCUT2D eigenvalue weighted by Crippen LogP contribution is 2.23. The average Bonchev–Trinajstić information content (AvgIpc) is 2.47. The molecule has 9 heteroatoms. The van der Waals surface area contributed by atoms with Gasteiger partial charge in [-0.15, -0.1) is 12.4 Å². The molecule has 2 N–H and O–H groups in total. The number of nitrogens with one attached hydrogen (secondary N) is 2. The van der Waals surface area contributed by atoms with Gasteiger partial charge in [0.25, 0.3) is 5.69 Å². The Morgan fingerprint density at radius 3 is 2.55 bits per heavy atom. The van der Waals surface area contributed by atoms with Crippen molar-refractivity contribution in [2.75, 3.05) is 13.1 Å². The number of sulfonamides is 1. The molecular formula is C13H20ClN3O4S. The summed E-state index contributed by atoms with van der Waals surface area (Å²) in [6.07, 6.45) is 1.94. The summed E-state index contributed by atoms with van der Waals surface area (Å²) in [5.41, 5.74) is 0.375. The predicted molar refractivity (Wildman–Crippen MR) is 85.9 cm³/mol. The maximum Gasteiger partial charge on any atom is 0.270 e. The number of hydrogen-bond donors (Lipinski definition) is 2. The van der Waals surface area contributed by atoms with Crippen molar-refractivity contribution < 1.29 is 13.3 Å². The van der Waals surface area contributed by atoms with Gasteiger partial charge in [-0.05, 0) is 37.9 Å². The molecule has 1 fully saturated rings. The minimum Gasteiger partial charge on any atom is -0.317 e. The summed E-state index contributed by atoms with van der Waals surface area (Å²) in [7, 11) is -3.74. The van der Waals surface area contributed by atoms with E-state index in [9.17, 15) is 18.5 Å². The van der Waals surface area contributed by atoms with Crippen molar-refractivity contribution in [1.29, 1.82) is 0 Å². The monoisotopic (exact) mass is 349 g/mol. The minimum absolute atomic E-state index is 0. The second kappa shape index (κ2) is 7.87. The van der Waals surface area contributed by atoms with Crippen molar-refractivity contribution in [1.82, 2.24) is 10.0 Å². The molecule has 0 aliphatic carbocycles. The van der Waals surface area contributed by atoms with Crippen LogP contribution in [0.1, 0.15) is 25.3 Å². The number of aryl methyl sites for hydroxylation is 1. The average molecular weight is 350 g/mol. The number of benzene rings is 1. The van der Waals surface area contributed by atoms with E-state index in [0.717, 1.165) is 32.0 Å². The Morgan fingerprint density at radius 2 is 2.00 bits per heavy atom. The summed E-state index contributed by atoms with van der Waals surface area (Å²) in [5.74, 6) is 0. The third kappa shape index (κ3) is 4.39. The zero-order chi connectivity index (χ0) is 15.5. The van der Waals surface area contributed by atoms with Crippen LogP contribution in [0.15, 0.2) is 23.1 Å². The third-order valence-corrected chi connectivity index (χ3v) is 5.20. The van der Waals surface area contributed by atoms with Crippen molar-refractivity contribution in [3.63, 3.8) is 0 Å². The van der Waals surface area contributed by atoms with Crippen LogP contribution < -0.4 is 10.0 Å². The number of halogens is 1. The number of hydrogen-bond acceptors (Lipinski definition) is 5. The van der Waals surface area contributed by atoms with Gasteiger partial charge in [-0.2, -0.15) is 0 Å². The Balaban J connectivity index is 0.00000242. The Bertz CT molecular complexity index is 630. The topological polar surface area (TPSA) is 101 Å². The fourth-order valence-electron chi connectivity index (χ4n) is 2.42. The zero-order valence-electron chi connectivity index (χ0n) is 12.2. The van der Waals surface area contributed by atoms with Gasteiger partial charge in [0.15, 0.2) is 0 Å². The highest BCUT2D eigenvalue weighted by Gasteiger charge is 2.25. The molecule has 0 bridgehead atoms. The number of piperidine rings is 1. The van der Waals surface area contributed by atoms with E-state index in [1.807, 2.05) is 6.92 Å². The fraction of sp³-hybridized carbons (Fsp3) is 0.538. The molecule has 2 rings (SSSR count). The van der Waals surface area contributed by atoms with Gasteiger partial charge >= 0.3 is 0 Å². The molecule has 1 saturated heterocycles. The zero-order valence-corrected chi connectivity index (χ0v) is 13.9. The van der Waals surface area contributed by atoms with Crippen LogP contribution >= 0.6 is 12.4 Å². The first kappa shape index (κ1) is 18.8. The molecule has 0 unspecified atom stereocenters. The van der Waals surface area contributed by atoms with Crippen molar-refractivity contribution in [2.45, 2.75) is 37.1 Å². The first-order valence-corrected chi connectivity index (χ1v) is 8.42. The van der Waals surface area contributed by atoms with Gasteiger partial charge in [0.05, 0.1) is 9.82 Å². The molecule has 0 spiro atoms. The van der Waals surface area contributed by atoms with Crippen molar-refractivity contribution in [3.8, 4) is 0 Å². The summed E-state index contributed by atoms with van der Waals surface area (Å²) >= 11 is 0. The van der Waals surface area contributed by atoms with Crippen LogP contribution in [0.2, 0.25) is 0 Å². The van der Waals surface area contributed by atoms with E-state index in [-0.39, 0.29) is 29.0 Å². The lowest BCUT2D eigenvalue weighted by atomic mass is 10.1. The van der Waals surface area contributed by atoms with Crippen LogP contribution in [0, 0.1) is 10.1 Å². The third-order valence-electron chi connectivity index (χ3n) is 3.59. The molecule has 0 aromatic heterocycles. The first-order chi connectivity index (χ1) is 9.94. The quantitative estimate of drug-likeness (QED) is 0.621. The second-order valence-electron chi connectivity index (χ2n) is 5.05. The molecule has 1 aliphatic rings. The molecule has 0 saturated carbocycles. The molecule has 0 amide bonds. The lowest BCUT2D eigenvalue weighted by Gasteiger charge is -2.24. The van der Waals surface area contributed by atoms with E-state index in [0.29, 0.717) is 12.0 Å². The number of nitro groups is 1. The number of nitro benzene ring substituents is 1. The second-order valence-corrected chi connectivity index (χ2v) is 6.73. The lowest BCUT2D eigenvalue weighted by Crippen LogP contribution is -2.42. The molecule has 22 heavy (non-hydrogen) atoms. The smallest absolute Gasteiger partial charge is 0.270 e. The maximum absolute atomic E-state index is 12.5.